The van der Waals surface area contributed by atoms with E-state index in [4.69, 9.17) is 0 Å². The van der Waals surface area contributed by atoms with Gasteiger partial charge < -0.3 is 0 Å². The lowest BCUT2D eigenvalue weighted by atomic mass is 9.68. The van der Waals surface area contributed by atoms with Gasteiger partial charge in [0.15, 0.2) is 0 Å². The second-order valence-electron chi connectivity index (χ2n) is 10.4. The van der Waals surface area contributed by atoms with Crippen molar-refractivity contribution in [3.63, 3.8) is 0 Å². The van der Waals surface area contributed by atoms with Gasteiger partial charge in [-0.25, -0.2) is 0 Å². The van der Waals surface area contributed by atoms with Crippen LogP contribution in [0.5, 0.6) is 0 Å². The first kappa shape index (κ1) is 21.9. The molecule has 0 heterocycles. The molecule has 0 amide bonds. The van der Waals surface area contributed by atoms with Gasteiger partial charge in [0.05, 0.1) is 0 Å². The summed E-state index contributed by atoms with van der Waals surface area (Å²) >= 11 is 0. The molecule has 3 aliphatic rings. The largest absolute Gasteiger partial charge is 0.103 e. The van der Waals surface area contributed by atoms with Gasteiger partial charge in [-0.2, -0.15) is 0 Å². The zero-order chi connectivity index (χ0) is 19.6. The van der Waals surface area contributed by atoms with E-state index in [-0.39, 0.29) is 0 Å². The molecule has 158 valence electrons. The van der Waals surface area contributed by atoms with Gasteiger partial charge in [-0.05, 0) is 125 Å². The van der Waals surface area contributed by atoms with E-state index in [1.807, 2.05) is 0 Å². The summed E-state index contributed by atoms with van der Waals surface area (Å²) in [5.74, 6) is 5.84. The lowest BCUT2D eigenvalue weighted by molar-refractivity contribution is 0.153. The zero-order valence-electron chi connectivity index (χ0n) is 18.5. The lowest BCUT2D eigenvalue weighted by Crippen LogP contribution is -2.25. The summed E-state index contributed by atoms with van der Waals surface area (Å²) in [6.45, 7) is 7.77. The molecule has 0 bridgehead atoms. The van der Waals surface area contributed by atoms with Crippen LogP contribution in [0.1, 0.15) is 103 Å². The van der Waals surface area contributed by atoms with E-state index in [1.165, 1.54) is 103 Å². The van der Waals surface area contributed by atoms with Gasteiger partial charge in [-0.1, -0.05) is 37.1 Å². The second kappa shape index (κ2) is 12.0. The fourth-order valence-corrected chi connectivity index (χ4v) is 6.45. The fourth-order valence-electron chi connectivity index (χ4n) is 6.45. The van der Waals surface area contributed by atoms with E-state index in [1.54, 1.807) is 0 Å². The summed E-state index contributed by atoms with van der Waals surface area (Å²) in [6.07, 6.45) is 32.4. The molecule has 28 heavy (non-hydrogen) atoms. The Morgan fingerprint density at radius 3 is 1.29 bits per heavy atom. The fraction of sp³-hybridized carbons (Fsp3) is 0.786. The molecule has 3 rings (SSSR count). The molecule has 0 aromatic rings. The van der Waals surface area contributed by atoms with Gasteiger partial charge in [0, 0.05) is 0 Å². The normalized spacial score (nSPS) is 37.0. The van der Waals surface area contributed by atoms with Gasteiger partial charge in [0.1, 0.15) is 0 Å². The standard InChI is InChI=1S/C28H46/c1-3-5-7-23-9-11-25(12-10-23)13-14-26-17-21-28(22-18-26)27-19-15-24(16-20-27)8-6-4-2/h3-4,13-14,23-28H,1-2,5-12,15-22H2/b14-13+. The van der Waals surface area contributed by atoms with Crippen molar-refractivity contribution in [2.45, 2.75) is 103 Å². The average Bonchev–Trinajstić information content (AvgIpc) is 2.76. The van der Waals surface area contributed by atoms with Gasteiger partial charge >= 0.3 is 0 Å². The minimum atomic E-state index is 0.878. The number of allylic oxidation sites excluding steroid dienone is 4. The van der Waals surface area contributed by atoms with Gasteiger partial charge in [-0.3, -0.25) is 0 Å². The Kier molecular flexibility index (Phi) is 9.42. The third-order valence-electron chi connectivity index (χ3n) is 8.48. The molecule has 0 radical (unpaired) electrons. The first-order valence-electron chi connectivity index (χ1n) is 12.7. The predicted octanol–water partition coefficient (Wildman–Crippen LogP) is 8.89. The van der Waals surface area contributed by atoms with Crippen molar-refractivity contribution in [1.29, 1.82) is 0 Å². The second-order valence-corrected chi connectivity index (χ2v) is 10.4. The van der Waals surface area contributed by atoms with Crippen LogP contribution in [0.25, 0.3) is 0 Å². The summed E-state index contributed by atoms with van der Waals surface area (Å²) in [4.78, 5) is 0. The van der Waals surface area contributed by atoms with Crippen molar-refractivity contribution in [3.05, 3.63) is 37.5 Å². The Morgan fingerprint density at radius 2 is 0.857 bits per heavy atom. The summed E-state index contributed by atoms with van der Waals surface area (Å²) in [5, 5.41) is 0. The monoisotopic (exact) mass is 382 g/mol. The third-order valence-corrected chi connectivity index (χ3v) is 8.48. The maximum Gasteiger partial charge on any atom is -0.0233 e. The van der Waals surface area contributed by atoms with E-state index >= 15 is 0 Å². The minimum absolute atomic E-state index is 0.878. The molecule has 0 nitrogen and oxygen atoms in total. The molecule has 0 heteroatoms. The van der Waals surface area contributed by atoms with Crippen molar-refractivity contribution in [2.24, 2.45) is 35.5 Å². The van der Waals surface area contributed by atoms with Crippen LogP contribution in [0.15, 0.2) is 37.5 Å². The summed E-state index contributed by atoms with van der Waals surface area (Å²) in [5.41, 5.74) is 0. The van der Waals surface area contributed by atoms with Crippen LogP contribution in [0.3, 0.4) is 0 Å². The van der Waals surface area contributed by atoms with Crippen LogP contribution < -0.4 is 0 Å². The average molecular weight is 383 g/mol. The quantitative estimate of drug-likeness (QED) is 0.349. The van der Waals surface area contributed by atoms with Gasteiger partial charge in [0.25, 0.3) is 0 Å². The molecule has 0 aromatic carbocycles. The maximum absolute atomic E-state index is 3.89. The van der Waals surface area contributed by atoms with Crippen LogP contribution in [0, 0.1) is 35.5 Å². The van der Waals surface area contributed by atoms with Crippen LogP contribution in [0.4, 0.5) is 0 Å². The smallest absolute Gasteiger partial charge is 0.0233 e. The Bertz CT molecular complexity index is 462. The lowest BCUT2D eigenvalue weighted by Gasteiger charge is -2.37. The summed E-state index contributed by atoms with van der Waals surface area (Å²) in [7, 11) is 0. The topological polar surface area (TPSA) is 0 Å². The molecule has 0 unspecified atom stereocenters. The van der Waals surface area contributed by atoms with Crippen LogP contribution >= 0.6 is 0 Å². The van der Waals surface area contributed by atoms with E-state index in [0.717, 1.165) is 35.5 Å². The molecule has 3 aliphatic carbocycles. The number of hydrogen-bond acceptors (Lipinski definition) is 0. The maximum atomic E-state index is 3.89. The highest BCUT2D eigenvalue weighted by molar-refractivity contribution is 4.97. The first-order chi connectivity index (χ1) is 13.8. The Labute approximate surface area is 176 Å². The van der Waals surface area contributed by atoms with Crippen molar-refractivity contribution in [3.8, 4) is 0 Å². The molecule has 0 spiro atoms. The summed E-state index contributed by atoms with van der Waals surface area (Å²) in [6, 6.07) is 0. The van der Waals surface area contributed by atoms with E-state index in [9.17, 15) is 0 Å². The SMILES string of the molecule is C=CCCC1CCC(/C=C/C2CCC(C3CCC(CCC=C)CC3)CC2)CC1. The Morgan fingerprint density at radius 1 is 0.500 bits per heavy atom. The first-order valence-corrected chi connectivity index (χ1v) is 12.7. The van der Waals surface area contributed by atoms with Crippen LogP contribution in [0.2, 0.25) is 0 Å². The van der Waals surface area contributed by atoms with Crippen molar-refractivity contribution in [1.82, 2.24) is 0 Å². The molecule has 0 aromatic heterocycles. The predicted molar refractivity (Wildman–Crippen MR) is 124 cm³/mol. The van der Waals surface area contributed by atoms with Crippen LogP contribution in [-0.4, -0.2) is 0 Å². The van der Waals surface area contributed by atoms with E-state index < -0.39 is 0 Å². The molecule has 3 saturated carbocycles. The number of hydrogen-bond donors (Lipinski definition) is 0. The Hall–Kier alpha value is -0.780. The van der Waals surface area contributed by atoms with Crippen LogP contribution in [-0.2, 0) is 0 Å². The molecular weight excluding hydrogens is 336 g/mol. The van der Waals surface area contributed by atoms with Gasteiger partial charge in [-0.15, -0.1) is 13.2 Å². The zero-order valence-corrected chi connectivity index (χ0v) is 18.5. The molecular formula is C28H46. The highest BCUT2D eigenvalue weighted by Crippen LogP contribution is 2.42. The van der Waals surface area contributed by atoms with Crippen molar-refractivity contribution in [2.75, 3.05) is 0 Å². The van der Waals surface area contributed by atoms with Gasteiger partial charge in [0.2, 0.25) is 0 Å². The minimum Gasteiger partial charge on any atom is -0.103 e. The molecule has 0 N–H and O–H groups in total. The highest BCUT2D eigenvalue weighted by atomic mass is 14.4. The van der Waals surface area contributed by atoms with E-state index in [2.05, 4.69) is 37.5 Å². The Balaban J connectivity index is 1.31. The molecule has 3 fully saturated rings. The number of rotatable bonds is 9. The highest BCUT2D eigenvalue weighted by Gasteiger charge is 2.30. The van der Waals surface area contributed by atoms with Crippen molar-refractivity contribution >= 4 is 0 Å². The van der Waals surface area contributed by atoms with E-state index in [0.29, 0.717) is 0 Å². The molecule has 0 atom stereocenters. The third kappa shape index (κ3) is 6.93. The van der Waals surface area contributed by atoms with Crippen molar-refractivity contribution < 1.29 is 0 Å². The summed E-state index contributed by atoms with van der Waals surface area (Å²) < 4.78 is 0. The molecule has 0 saturated heterocycles. The molecule has 0 aliphatic heterocycles.